The molecule has 1 atom stereocenters. The predicted octanol–water partition coefficient (Wildman–Crippen LogP) is 1.12. The van der Waals surface area contributed by atoms with Gasteiger partial charge in [0, 0.05) is 62.2 Å². The van der Waals surface area contributed by atoms with Crippen LogP contribution in [0.4, 0.5) is 0 Å². The summed E-state index contributed by atoms with van der Waals surface area (Å²) in [6.45, 7) is 7.65. The van der Waals surface area contributed by atoms with Crippen LogP contribution in [0.15, 0.2) is 29.3 Å². The number of piperidine rings is 1. The number of H-pyrrole nitrogens is 1. The van der Waals surface area contributed by atoms with E-state index in [0.717, 1.165) is 63.5 Å². The summed E-state index contributed by atoms with van der Waals surface area (Å²) in [5.41, 5.74) is 3.12. The molecule has 29 heavy (non-hydrogen) atoms. The van der Waals surface area contributed by atoms with Crippen LogP contribution in [0.2, 0.25) is 0 Å². The van der Waals surface area contributed by atoms with Crippen LogP contribution >= 0.6 is 0 Å². The zero-order valence-electron chi connectivity index (χ0n) is 17.0. The number of nitrogens with one attached hydrogen (secondary N) is 1. The maximum Gasteiger partial charge on any atom is 0.251 e. The minimum absolute atomic E-state index is 0.00472. The number of hydrogen-bond donors (Lipinski definition) is 1. The molecule has 2 aliphatic heterocycles. The third-order valence-corrected chi connectivity index (χ3v) is 5.89. The lowest BCUT2D eigenvalue weighted by atomic mass is 9.92. The molecule has 0 aliphatic carbocycles. The Morgan fingerprint density at radius 2 is 2.14 bits per heavy atom. The standard InChI is InChI=1S/C21H29N5O3/c1-16-4-6-26(19(27)11-16)15-20(28)25-5-2-3-17(14-25)21-18(12-22-23-21)13-24-7-9-29-10-8-24/h4,6,11-12,17H,2-3,5,7-10,13-15H2,1H3,(H,22,23). The Hall–Kier alpha value is -2.45. The van der Waals surface area contributed by atoms with E-state index < -0.39 is 0 Å². The summed E-state index contributed by atoms with van der Waals surface area (Å²) in [4.78, 5) is 29.2. The summed E-state index contributed by atoms with van der Waals surface area (Å²) in [6, 6.07) is 3.42. The van der Waals surface area contributed by atoms with Crippen molar-refractivity contribution in [1.29, 1.82) is 0 Å². The number of aromatic amines is 1. The fraction of sp³-hybridized carbons (Fsp3) is 0.571. The molecule has 2 aromatic heterocycles. The summed E-state index contributed by atoms with van der Waals surface area (Å²) in [7, 11) is 0. The Labute approximate surface area is 170 Å². The maximum absolute atomic E-state index is 12.8. The number of carbonyl (C=O) groups excluding carboxylic acids is 1. The number of aromatic nitrogens is 3. The predicted molar refractivity (Wildman–Crippen MR) is 109 cm³/mol. The van der Waals surface area contributed by atoms with Gasteiger partial charge in [0.25, 0.3) is 5.56 Å². The molecular formula is C21H29N5O3. The van der Waals surface area contributed by atoms with Crippen molar-refractivity contribution >= 4 is 5.91 Å². The van der Waals surface area contributed by atoms with E-state index in [1.165, 1.54) is 10.1 Å². The highest BCUT2D eigenvalue weighted by Crippen LogP contribution is 2.28. The number of carbonyl (C=O) groups is 1. The van der Waals surface area contributed by atoms with Crippen LogP contribution < -0.4 is 5.56 Å². The van der Waals surface area contributed by atoms with Crippen LogP contribution in [-0.4, -0.2) is 69.9 Å². The number of amides is 1. The van der Waals surface area contributed by atoms with Gasteiger partial charge < -0.3 is 14.2 Å². The second-order valence-electron chi connectivity index (χ2n) is 8.05. The first-order valence-corrected chi connectivity index (χ1v) is 10.4. The van der Waals surface area contributed by atoms with E-state index in [1.807, 2.05) is 24.1 Å². The quantitative estimate of drug-likeness (QED) is 0.815. The van der Waals surface area contributed by atoms with Crippen LogP contribution in [-0.2, 0) is 22.6 Å². The van der Waals surface area contributed by atoms with Crippen LogP contribution in [0.3, 0.4) is 0 Å². The minimum atomic E-state index is -0.131. The largest absolute Gasteiger partial charge is 0.379 e. The summed E-state index contributed by atoms with van der Waals surface area (Å²) in [6.07, 6.45) is 5.60. The zero-order valence-corrected chi connectivity index (χ0v) is 17.0. The summed E-state index contributed by atoms with van der Waals surface area (Å²) in [5.74, 6) is 0.246. The van der Waals surface area contributed by atoms with Crippen LogP contribution in [0, 0.1) is 6.92 Å². The highest BCUT2D eigenvalue weighted by molar-refractivity contribution is 5.76. The van der Waals surface area contributed by atoms with Crippen molar-refractivity contribution in [3.63, 3.8) is 0 Å². The van der Waals surface area contributed by atoms with Crippen LogP contribution in [0.5, 0.6) is 0 Å². The Morgan fingerprint density at radius 1 is 1.31 bits per heavy atom. The van der Waals surface area contributed by atoms with Crippen molar-refractivity contribution < 1.29 is 9.53 Å². The smallest absolute Gasteiger partial charge is 0.251 e. The molecule has 1 amide bonds. The maximum atomic E-state index is 12.8. The molecule has 0 radical (unpaired) electrons. The molecule has 4 rings (SSSR count). The molecule has 4 heterocycles. The molecule has 0 saturated carbocycles. The van der Waals surface area contributed by atoms with Crippen molar-refractivity contribution in [3.8, 4) is 0 Å². The van der Waals surface area contributed by atoms with E-state index >= 15 is 0 Å². The zero-order chi connectivity index (χ0) is 20.2. The first kappa shape index (κ1) is 19.8. The second-order valence-corrected chi connectivity index (χ2v) is 8.05. The fourth-order valence-electron chi connectivity index (χ4n) is 4.22. The van der Waals surface area contributed by atoms with E-state index in [9.17, 15) is 9.59 Å². The third-order valence-electron chi connectivity index (χ3n) is 5.89. The average molecular weight is 399 g/mol. The molecule has 0 bridgehead atoms. The number of ether oxygens (including phenoxy) is 1. The topological polar surface area (TPSA) is 83.5 Å². The minimum Gasteiger partial charge on any atom is -0.379 e. The summed E-state index contributed by atoms with van der Waals surface area (Å²) in [5, 5.41) is 7.48. The number of aryl methyl sites for hydroxylation is 1. The van der Waals surface area contributed by atoms with Gasteiger partial charge in [0.2, 0.25) is 5.91 Å². The Kier molecular flexibility index (Phi) is 6.10. The molecule has 2 aromatic rings. The third kappa shape index (κ3) is 4.76. The molecule has 0 aromatic carbocycles. The van der Waals surface area contributed by atoms with Gasteiger partial charge in [-0.3, -0.25) is 19.6 Å². The van der Waals surface area contributed by atoms with Crippen molar-refractivity contribution in [1.82, 2.24) is 24.6 Å². The molecule has 8 heteroatoms. The van der Waals surface area contributed by atoms with E-state index in [1.54, 1.807) is 12.3 Å². The summed E-state index contributed by atoms with van der Waals surface area (Å²) < 4.78 is 6.92. The van der Waals surface area contributed by atoms with Gasteiger partial charge in [-0.15, -0.1) is 0 Å². The van der Waals surface area contributed by atoms with Crippen molar-refractivity contribution in [2.75, 3.05) is 39.4 Å². The number of hydrogen-bond acceptors (Lipinski definition) is 5. The molecule has 2 fully saturated rings. The molecular weight excluding hydrogens is 370 g/mol. The first-order chi connectivity index (χ1) is 14.1. The van der Waals surface area contributed by atoms with Crippen LogP contribution in [0.25, 0.3) is 0 Å². The highest BCUT2D eigenvalue weighted by Gasteiger charge is 2.28. The SMILES string of the molecule is Cc1ccn(CC(=O)N2CCCC(c3[nH]ncc3CN3CCOCC3)C2)c(=O)c1. The van der Waals surface area contributed by atoms with E-state index in [2.05, 4.69) is 15.1 Å². The van der Waals surface area contributed by atoms with Gasteiger partial charge in [-0.25, -0.2) is 0 Å². The molecule has 0 spiro atoms. The van der Waals surface area contributed by atoms with Gasteiger partial charge >= 0.3 is 0 Å². The van der Waals surface area contributed by atoms with Gasteiger partial charge in [0.05, 0.1) is 19.4 Å². The average Bonchev–Trinajstić information content (AvgIpc) is 3.19. The second kappa shape index (κ2) is 8.92. The van der Waals surface area contributed by atoms with E-state index in [0.29, 0.717) is 6.54 Å². The first-order valence-electron chi connectivity index (χ1n) is 10.4. The Balaban J connectivity index is 1.41. The van der Waals surface area contributed by atoms with Crippen molar-refractivity contribution in [2.24, 2.45) is 0 Å². The molecule has 1 unspecified atom stereocenters. The Morgan fingerprint density at radius 3 is 2.93 bits per heavy atom. The highest BCUT2D eigenvalue weighted by atomic mass is 16.5. The molecule has 156 valence electrons. The van der Waals surface area contributed by atoms with Crippen molar-refractivity contribution in [2.45, 2.75) is 38.8 Å². The van der Waals surface area contributed by atoms with Gasteiger partial charge in [0.1, 0.15) is 6.54 Å². The number of morpholine rings is 1. The van der Waals surface area contributed by atoms with Crippen LogP contribution in [0.1, 0.15) is 35.6 Å². The molecule has 2 aliphatic rings. The monoisotopic (exact) mass is 399 g/mol. The normalized spacial score (nSPS) is 20.7. The van der Waals surface area contributed by atoms with E-state index in [4.69, 9.17) is 4.74 Å². The van der Waals surface area contributed by atoms with Gasteiger partial charge in [-0.2, -0.15) is 5.10 Å². The summed E-state index contributed by atoms with van der Waals surface area (Å²) >= 11 is 0. The van der Waals surface area contributed by atoms with Gasteiger partial charge in [-0.1, -0.05) is 0 Å². The number of pyridine rings is 1. The Bertz CT molecular complexity index is 900. The molecule has 8 nitrogen and oxygen atoms in total. The number of nitrogens with zero attached hydrogens (tertiary/aromatic N) is 4. The lowest BCUT2D eigenvalue weighted by Crippen LogP contribution is -2.42. The number of rotatable bonds is 5. The van der Waals surface area contributed by atoms with E-state index in [-0.39, 0.29) is 23.9 Å². The fourth-order valence-corrected chi connectivity index (χ4v) is 4.22. The molecule has 1 N–H and O–H groups in total. The molecule has 2 saturated heterocycles. The van der Waals surface area contributed by atoms with Crippen molar-refractivity contribution in [3.05, 3.63) is 51.7 Å². The lowest BCUT2D eigenvalue weighted by Gasteiger charge is -2.33. The van der Waals surface area contributed by atoms with Gasteiger partial charge in [0.15, 0.2) is 0 Å². The van der Waals surface area contributed by atoms with Gasteiger partial charge in [-0.05, 0) is 31.4 Å². The number of likely N-dealkylation sites (tertiary alicyclic amines) is 1. The lowest BCUT2D eigenvalue weighted by molar-refractivity contribution is -0.133.